The molecule has 1 aromatic heterocycles. The van der Waals surface area contributed by atoms with E-state index in [2.05, 4.69) is 4.98 Å². The van der Waals surface area contributed by atoms with Gasteiger partial charge in [0, 0.05) is 38.9 Å². The number of carbonyl (C=O) groups is 3. The molecule has 11 nitrogen and oxygen atoms in total. The maximum Gasteiger partial charge on any atom is 0.300 e. The Balaban J connectivity index is 0.000000485. The molecule has 0 saturated carbocycles. The molecule has 2 saturated heterocycles. The van der Waals surface area contributed by atoms with E-state index >= 15 is 0 Å². The summed E-state index contributed by atoms with van der Waals surface area (Å²) in [6.07, 6.45) is 0. The quantitative estimate of drug-likeness (QED) is 0.547. The van der Waals surface area contributed by atoms with Crippen molar-refractivity contribution < 1.29 is 33.0 Å². The van der Waals surface area contributed by atoms with Gasteiger partial charge in [-0.2, -0.15) is 0 Å². The minimum atomic E-state index is -3.16. The number of likely N-dealkylation sites (tertiary alicyclic amines) is 1. The van der Waals surface area contributed by atoms with Crippen LogP contribution < -0.4 is 5.73 Å². The van der Waals surface area contributed by atoms with E-state index in [1.54, 1.807) is 23.1 Å². The molecule has 2 aliphatic rings. The number of nitrogens with two attached hydrogens (primary N) is 1. The van der Waals surface area contributed by atoms with Gasteiger partial charge in [0.1, 0.15) is 11.5 Å². The number of carboxylic acid groups (broad SMARTS) is 2. The van der Waals surface area contributed by atoms with Gasteiger partial charge in [0.25, 0.3) is 17.8 Å². The second kappa shape index (κ2) is 10.3. The zero-order chi connectivity index (χ0) is 23.2. The number of carbonyl (C=O) groups excluding carboxylic acids is 1. The van der Waals surface area contributed by atoms with Gasteiger partial charge in [0.15, 0.2) is 9.84 Å². The Bertz CT molecular complexity index is 868. The van der Waals surface area contributed by atoms with Crippen LogP contribution >= 0.6 is 0 Å². The molecular formula is C18H28N4O7S. The van der Waals surface area contributed by atoms with Gasteiger partial charge >= 0.3 is 0 Å². The maximum absolute atomic E-state index is 12.5. The number of amides is 1. The summed E-state index contributed by atoms with van der Waals surface area (Å²) in [4.78, 5) is 38.1. The molecule has 0 bridgehead atoms. The van der Waals surface area contributed by atoms with E-state index in [1.807, 2.05) is 19.0 Å². The van der Waals surface area contributed by atoms with Gasteiger partial charge in [0.2, 0.25) is 0 Å². The van der Waals surface area contributed by atoms with Crippen LogP contribution in [0.4, 0.5) is 5.82 Å². The van der Waals surface area contributed by atoms with E-state index in [4.69, 9.17) is 25.5 Å². The third-order valence-corrected chi connectivity index (χ3v) is 6.84. The van der Waals surface area contributed by atoms with Crippen molar-refractivity contribution in [1.82, 2.24) is 14.8 Å². The summed E-state index contributed by atoms with van der Waals surface area (Å²) in [6, 6.07) is 4.85. The fraction of sp³-hybridized carbons (Fsp3) is 0.556. The lowest BCUT2D eigenvalue weighted by Gasteiger charge is -2.24. The minimum Gasteiger partial charge on any atom is -0.481 e. The molecule has 30 heavy (non-hydrogen) atoms. The molecule has 3 heterocycles. The third kappa shape index (κ3) is 6.95. The zero-order valence-electron chi connectivity index (χ0n) is 17.3. The number of hydrogen-bond donors (Lipinski definition) is 3. The molecule has 0 spiro atoms. The van der Waals surface area contributed by atoms with E-state index in [9.17, 15) is 13.2 Å². The van der Waals surface area contributed by atoms with Crippen LogP contribution in [0.1, 0.15) is 24.3 Å². The normalized spacial score (nSPS) is 23.5. The molecule has 168 valence electrons. The van der Waals surface area contributed by atoms with Crippen molar-refractivity contribution in [3.63, 3.8) is 0 Å². The van der Waals surface area contributed by atoms with Gasteiger partial charge in [-0.25, -0.2) is 13.4 Å². The Morgan fingerprint density at radius 2 is 1.67 bits per heavy atom. The van der Waals surface area contributed by atoms with E-state index in [1.165, 1.54) is 0 Å². The van der Waals surface area contributed by atoms with Crippen molar-refractivity contribution in [3.8, 4) is 0 Å². The summed E-state index contributed by atoms with van der Waals surface area (Å²) in [5.41, 5.74) is 5.87. The predicted molar refractivity (Wildman–Crippen MR) is 110 cm³/mol. The van der Waals surface area contributed by atoms with Gasteiger partial charge in [-0.15, -0.1) is 0 Å². The first-order valence-electron chi connectivity index (χ1n) is 9.05. The van der Waals surface area contributed by atoms with Gasteiger partial charge < -0.3 is 25.7 Å². The Labute approximate surface area is 175 Å². The number of aliphatic carboxylic acids is 2. The van der Waals surface area contributed by atoms with Crippen molar-refractivity contribution in [2.75, 3.05) is 38.7 Å². The van der Waals surface area contributed by atoms with E-state index in [0.717, 1.165) is 13.8 Å². The van der Waals surface area contributed by atoms with Gasteiger partial charge in [-0.05, 0) is 26.2 Å². The molecule has 1 amide bonds. The highest BCUT2D eigenvalue weighted by atomic mass is 32.2. The van der Waals surface area contributed by atoms with Crippen molar-refractivity contribution in [3.05, 3.63) is 23.9 Å². The Hall–Kier alpha value is -2.73. The summed E-state index contributed by atoms with van der Waals surface area (Å²) in [5, 5.41) is 14.4. The molecule has 2 aliphatic heterocycles. The van der Waals surface area contributed by atoms with Crippen molar-refractivity contribution in [2.45, 2.75) is 25.1 Å². The number of hydrogen-bond acceptors (Lipinski definition) is 8. The number of nitrogens with zero attached hydrogens (tertiary/aromatic N) is 3. The summed E-state index contributed by atoms with van der Waals surface area (Å²) in [5.74, 6) is -1.50. The lowest BCUT2D eigenvalue weighted by molar-refractivity contribution is -0.135. The third-order valence-electron chi connectivity index (χ3n) is 4.61. The van der Waals surface area contributed by atoms with Crippen molar-refractivity contribution >= 4 is 33.5 Å². The van der Waals surface area contributed by atoms with Crippen LogP contribution in [-0.2, 0) is 19.4 Å². The number of fused-ring (bicyclic) bond motifs is 1. The molecule has 3 rings (SSSR count). The van der Waals surface area contributed by atoms with Crippen LogP contribution in [0.15, 0.2) is 18.2 Å². The monoisotopic (exact) mass is 444 g/mol. The Morgan fingerprint density at radius 3 is 2.13 bits per heavy atom. The number of nitrogen functional groups attached to an aromatic ring is 1. The smallest absolute Gasteiger partial charge is 0.300 e. The number of anilines is 1. The SMILES string of the molecule is CC(=O)O.CC(=O)O.CN(C)[C@@H]1CS(=O)(=O)[C@H]2CN(C(=O)c3cccc(N)n3)C[C@@H]12. The van der Waals surface area contributed by atoms with E-state index < -0.39 is 27.0 Å². The molecule has 0 aromatic carbocycles. The van der Waals surface area contributed by atoms with E-state index in [-0.39, 0.29) is 41.7 Å². The molecule has 0 aliphatic carbocycles. The lowest BCUT2D eigenvalue weighted by Crippen LogP contribution is -2.38. The fourth-order valence-corrected chi connectivity index (χ4v) is 5.94. The largest absolute Gasteiger partial charge is 0.481 e. The Morgan fingerprint density at radius 1 is 1.13 bits per heavy atom. The second-order valence-electron chi connectivity index (χ2n) is 7.26. The summed E-state index contributed by atoms with van der Waals surface area (Å²) < 4.78 is 24.6. The highest BCUT2D eigenvalue weighted by Crippen LogP contribution is 2.36. The number of rotatable bonds is 2. The molecule has 12 heteroatoms. The minimum absolute atomic E-state index is 0.0370. The molecule has 1 aromatic rings. The summed E-state index contributed by atoms with van der Waals surface area (Å²) in [6.45, 7) is 2.86. The van der Waals surface area contributed by atoms with Gasteiger partial charge in [-0.1, -0.05) is 6.07 Å². The van der Waals surface area contributed by atoms with Crippen LogP contribution in [0.25, 0.3) is 0 Å². The zero-order valence-corrected chi connectivity index (χ0v) is 18.2. The van der Waals surface area contributed by atoms with Crippen LogP contribution in [0.2, 0.25) is 0 Å². The average molecular weight is 445 g/mol. The lowest BCUT2D eigenvalue weighted by atomic mass is 10.00. The van der Waals surface area contributed by atoms with Gasteiger partial charge in [-0.3, -0.25) is 14.4 Å². The summed E-state index contributed by atoms with van der Waals surface area (Å²) >= 11 is 0. The van der Waals surface area contributed by atoms with Crippen LogP contribution in [0, 0.1) is 5.92 Å². The first kappa shape index (κ1) is 25.3. The molecule has 0 unspecified atom stereocenters. The van der Waals surface area contributed by atoms with E-state index in [0.29, 0.717) is 6.54 Å². The van der Waals surface area contributed by atoms with Crippen LogP contribution in [0.5, 0.6) is 0 Å². The van der Waals surface area contributed by atoms with Gasteiger partial charge in [0.05, 0.1) is 11.0 Å². The molecule has 0 radical (unpaired) electrons. The molecular weight excluding hydrogens is 416 g/mol. The first-order valence-corrected chi connectivity index (χ1v) is 10.8. The number of carboxylic acids is 2. The van der Waals surface area contributed by atoms with Crippen LogP contribution in [-0.4, -0.2) is 95.5 Å². The summed E-state index contributed by atoms with van der Waals surface area (Å²) in [7, 11) is 0.607. The molecule has 3 atom stereocenters. The standard InChI is InChI=1S/C14H20N4O3S.2C2H4O2/c1-17(2)11-8-22(20,21)12-7-18(6-9(11)12)14(19)10-4-3-5-13(15)16-10;2*1-2(3)4/h3-5,9,11-12H,6-8H2,1-2H3,(H2,15,16);2*1H3,(H,3,4)/t9-,11+,12-;;/m0../s1. The fourth-order valence-electron chi connectivity index (χ4n) is 3.46. The highest BCUT2D eigenvalue weighted by Gasteiger charge is 2.53. The molecule has 4 N–H and O–H groups in total. The number of pyridine rings is 1. The number of aromatic nitrogens is 1. The topological polar surface area (TPSA) is 171 Å². The van der Waals surface area contributed by atoms with Crippen molar-refractivity contribution in [1.29, 1.82) is 0 Å². The highest BCUT2D eigenvalue weighted by molar-refractivity contribution is 7.92. The average Bonchev–Trinajstić information content (AvgIpc) is 3.13. The number of sulfone groups is 1. The molecule has 2 fully saturated rings. The maximum atomic E-state index is 12.5. The Kier molecular flexibility index (Phi) is 8.73. The van der Waals surface area contributed by atoms with Crippen LogP contribution in [0.3, 0.4) is 0 Å². The second-order valence-corrected chi connectivity index (χ2v) is 9.52. The van der Waals surface area contributed by atoms with Crippen molar-refractivity contribution in [2.24, 2.45) is 5.92 Å². The first-order chi connectivity index (χ1) is 13.8. The predicted octanol–water partition coefficient (Wildman–Crippen LogP) is -0.355.